The Bertz CT molecular complexity index is 405. The molecule has 1 aromatic rings. The van der Waals surface area contributed by atoms with Gasteiger partial charge in [0.25, 0.3) is 5.69 Å². The molecule has 0 bridgehead atoms. The van der Waals surface area contributed by atoms with Gasteiger partial charge >= 0.3 is 0 Å². The average Bonchev–Trinajstić information content (AvgIpc) is 2.39. The van der Waals surface area contributed by atoms with Crippen molar-refractivity contribution in [3.63, 3.8) is 0 Å². The van der Waals surface area contributed by atoms with Crippen LogP contribution in [0.15, 0.2) is 24.3 Å². The molecule has 0 atom stereocenters. The van der Waals surface area contributed by atoms with Gasteiger partial charge in [-0.15, -0.1) is 0 Å². The molecule has 0 aromatic heterocycles. The Hall–Kier alpha value is -1.71. The molecule has 0 saturated heterocycles. The molecule has 1 aliphatic rings. The Morgan fingerprint density at radius 2 is 1.71 bits per heavy atom. The van der Waals surface area contributed by atoms with Crippen molar-refractivity contribution in [1.82, 2.24) is 0 Å². The van der Waals surface area contributed by atoms with E-state index in [9.17, 15) is 14.9 Å². The van der Waals surface area contributed by atoms with E-state index in [1.807, 2.05) is 12.1 Å². The first kappa shape index (κ1) is 11.8. The van der Waals surface area contributed by atoms with Crippen LogP contribution >= 0.6 is 0 Å². The number of rotatable bonds is 3. The first-order valence-electron chi connectivity index (χ1n) is 5.90. The summed E-state index contributed by atoms with van der Waals surface area (Å²) in [5, 5.41) is 10.5. The number of aldehydes is 1. The van der Waals surface area contributed by atoms with Gasteiger partial charge in [-0.2, -0.15) is 0 Å². The fourth-order valence-corrected chi connectivity index (χ4v) is 2.46. The predicted molar refractivity (Wildman–Crippen MR) is 63.9 cm³/mol. The van der Waals surface area contributed by atoms with E-state index in [0.29, 0.717) is 5.92 Å². The maximum absolute atomic E-state index is 10.6. The van der Waals surface area contributed by atoms with Crippen molar-refractivity contribution in [3.8, 4) is 0 Å². The van der Waals surface area contributed by atoms with Gasteiger partial charge in [0.15, 0.2) is 0 Å². The van der Waals surface area contributed by atoms with Gasteiger partial charge in [-0.3, -0.25) is 10.1 Å². The molecule has 0 amide bonds. The summed E-state index contributed by atoms with van der Waals surface area (Å²) in [6.45, 7) is 0. The summed E-state index contributed by atoms with van der Waals surface area (Å²) >= 11 is 0. The Balaban J connectivity index is 2.03. The molecule has 90 valence electrons. The van der Waals surface area contributed by atoms with Gasteiger partial charge in [-0.05, 0) is 37.2 Å². The van der Waals surface area contributed by atoms with Crippen molar-refractivity contribution < 1.29 is 9.72 Å². The zero-order valence-corrected chi connectivity index (χ0v) is 9.54. The lowest BCUT2D eigenvalue weighted by molar-refractivity contribution is -0.384. The standard InChI is InChI=1S/C13H15NO3/c15-9-10-1-3-11(4-2-10)12-5-7-13(8-6-12)14(16)17/h5-11H,1-4H2. The highest BCUT2D eigenvalue weighted by atomic mass is 16.6. The van der Waals surface area contributed by atoms with Gasteiger partial charge < -0.3 is 4.79 Å². The van der Waals surface area contributed by atoms with Crippen LogP contribution in [0.1, 0.15) is 37.2 Å². The van der Waals surface area contributed by atoms with E-state index < -0.39 is 0 Å². The van der Waals surface area contributed by atoms with Crippen LogP contribution in [-0.4, -0.2) is 11.2 Å². The van der Waals surface area contributed by atoms with E-state index in [2.05, 4.69) is 0 Å². The molecule has 2 rings (SSSR count). The minimum atomic E-state index is -0.382. The molecule has 1 fully saturated rings. The largest absolute Gasteiger partial charge is 0.303 e. The van der Waals surface area contributed by atoms with Crippen molar-refractivity contribution in [1.29, 1.82) is 0 Å². The number of non-ortho nitro benzene ring substituents is 1. The SMILES string of the molecule is O=CC1CCC(c2ccc([N+](=O)[O-])cc2)CC1. The Morgan fingerprint density at radius 1 is 1.12 bits per heavy atom. The van der Waals surface area contributed by atoms with Crippen LogP contribution in [0.3, 0.4) is 0 Å². The van der Waals surface area contributed by atoms with Gasteiger partial charge in [-0.25, -0.2) is 0 Å². The van der Waals surface area contributed by atoms with E-state index in [1.165, 1.54) is 0 Å². The molecule has 0 heterocycles. The van der Waals surface area contributed by atoms with Crippen molar-refractivity contribution in [3.05, 3.63) is 39.9 Å². The van der Waals surface area contributed by atoms with Crippen molar-refractivity contribution in [2.45, 2.75) is 31.6 Å². The average molecular weight is 233 g/mol. The third-order valence-electron chi connectivity index (χ3n) is 3.54. The molecule has 1 aromatic carbocycles. The van der Waals surface area contributed by atoms with E-state index in [1.54, 1.807) is 12.1 Å². The summed E-state index contributed by atoms with van der Waals surface area (Å²) in [5.74, 6) is 0.663. The Kier molecular flexibility index (Phi) is 3.52. The highest BCUT2D eigenvalue weighted by Gasteiger charge is 2.22. The van der Waals surface area contributed by atoms with Gasteiger partial charge in [0.2, 0.25) is 0 Å². The monoisotopic (exact) mass is 233 g/mol. The lowest BCUT2D eigenvalue weighted by Crippen LogP contribution is -2.14. The number of nitro benzene ring substituents is 1. The summed E-state index contributed by atoms with van der Waals surface area (Å²) in [6.07, 6.45) is 4.92. The molecular formula is C13H15NO3. The summed E-state index contributed by atoms with van der Waals surface area (Å²) in [5.41, 5.74) is 1.29. The molecule has 4 heteroatoms. The van der Waals surface area contributed by atoms with Gasteiger partial charge in [0.05, 0.1) is 4.92 Å². The minimum Gasteiger partial charge on any atom is -0.303 e. The highest BCUT2D eigenvalue weighted by molar-refractivity contribution is 5.53. The first-order chi connectivity index (χ1) is 8.20. The number of hydrogen-bond donors (Lipinski definition) is 0. The minimum absolute atomic E-state index is 0.135. The lowest BCUT2D eigenvalue weighted by Gasteiger charge is -2.25. The van der Waals surface area contributed by atoms with Crippen LogP contribution < -0.4 is 0 Å². The third-order valence-corrected chi connectivity index (χ3v) is 3.54. The molecule has 0 aliphatic heterocycles. The zero-order valence-electron chi connectivity index (χ0n) is 9.54. The van der Waals surface area contributed by atoms with Crippen LogP contribution in [0.25, 0.3) is 0 Å². The van der Waals surface area contributed by atoms with E-state index in [0.717, 1.165) is 37.5 Å². The second-order valence-electron chi connectivity index (χ2n) is 4.60. The van der Waals surface area contributed by atoms with Gasteiger partial charge in [0, 0.05) is 18.1 Å². The fourth-order valence-electron chi connectivity index (χ4n) is 2.46. The number of hydrogen-bond acceptors (Lipinski definition) is 3. The Labute approximate surface area is 99.8 Å². The number of benzene rings is 1. The maximum Gasteiger partial charge on any atom is 0.269 e. The normalized spacial score (nSPS) is 24.2. The number of carbonyl (C=O) groups is 1. The van der Waals surface area contributed by atoms with Crippen LogP contribution in [0.4, 0.5) is 5.69 Å². The molecule has 4 nitrogen and oxygen atoms in total. The lowest BCUT2D eigenvalue weighted by atomic mass is 9.79. The fraction of sp³-hybridized carbons (Fsp3) is 0.462. The van der Waals surface area contributed by atoms with Crippen molar-refractivity contribution >= 4 is 12.0 Å². The molecule has 0 unspecified atom stereocenters. The molecule has 0 radical (unpaired) electrons. The van der Waals surface area contributed by atoms with Crippen LogP contribution in [0.2, 0.25) is 0 Å². The van der Waals surface area contributed by atoms with Crippen LogP contribution in [-0.2, 0) is 4.79 Å². The number of nitro groups is 1. The molecule has 0 N–H and O–H groups in total. The predicted octanol–water partition coefficient (Wildman–Crippen LogP) is 3.07. The van der Waals surface area contributed by atoms with E-state index >= 15 is 0 Å². The zero-order chi connectivity index (χ0) is 12.3. The highest BCUT2D eigenvalue weighted by Crippen LogP contribution is 2.35. The second-order valence-corrected chi connectivity index (χ2v) is 4.60. The smallest absolute Gasteiger partial charge is 0.269 e. The van der Waals surface area contributed by atoms with E-state index in [-0.39, 0.29) is 16.5 Å². The van der Waals surface area contributed by atoms with Crippen LogP contribution in [0, 0.1) is 16.0 Å². The third kappa shape index (κ3) is 2.70. The summed E-state index contributed by atoms with van der Waals surface area (Å²) in [7, 11) is 0. The summed E-state index contributed by atoms with van der Waals surface area (Å²) < 4.78 is 0. The quantitative estimate of drug-likeness (QED) is 0.458. The van der Waals surface area contributed by atoms with Crippen molar-refractivity contribution in [2.24, 2.45) is 5.92 Å². The van der Waals surface area contributed by atoms with Gasteiger partial charge in [-0.1, -0.05) is 12.1 Å². The van der Waals surface area contributed by atoms with Crippen molar-refractivity contribution in [2.75, 3.05) is 0 Å². The topological polar surface area (TPSA) is 60.2 Å². The number of carbonyl (C=O) groups excluding carboxylic acids is 1. The summed E-state index contributed by atoms with van der Waals surface area (Å²) in [4.78, 5) is 20.8. The molecule has 17 heavy (non-hydrogen) atoms. The first-order valence-corrected chi connectivity index (χ1v) is 5.90. The summed E-state index contributed by atoms with van der Waals surface area (Å²) in [6, 6.07) is 6.79. The molecule has 1 saturated carbocycles. The van der Waals surface area contributed by atoms with E-state index in [4.69, 9.17) is 0 Å². The Morgan fingerprint density at radius 3 is 2.18 bits per heavy atom. The van der Waals surface area contributed by atoms with Crippen LogP contribution in [0.5, 0.6) is 0 Å². The molecule has 1 aliphatic carbocycles. The molecule has 0 spiro atoms. The van der Waals surface area contributed by atoms with Gasteiger partial charge in [0.1, 0.15) is 6.29 Å². The number of nitrogens with zero attached hydrogens (tertiary/aromatic N) is 1. The molecular weight excluding hydrogens is 218 g/mol. The maximum atomic E-state index is 10.6. The second kappa shape index (κ2) is 5.08.